The Kier molecular flexibility index (Phi) is 2.36. The van der Waals surface area contributed by atoms with E-state index in [-0.39, 0.29) is 12.1 Å². The van der Waals surface area contributed by atoms with Gasteiger partial charge in [0.2, 0.25) is 0 Å². The third-order valence-corrected chi connectivity index (χ3v) is 4.14. The van der Waals surface area contributed by atoms with Crippen molar-refractivity contribution in [2.75, 3.05) is 11.5 Å². The zero-order chi connectivity index (χ0) is 13.7. The molecule has 0 bridgehead atoms. The largest absolute Gasteiger partial charge is 0.447 e. The molecule has 0 radical (unpaired) electrons. The number of rotatable bonds is 1. The van der Waals surface area contributed by atoms with Crippen molar-refractivity contribution in [1.29, 1.82) is 0 Å². The second-order valence-corrected chi connectivity index (χ2v) is 5.47. The van der Waals surface area contributed by atoms with Gasteiger partial charge in [0.05, 0.1) is 6.04 Å². The maximum absolute atomic E-state index is 11.8. The molecule has 1 aliphatic carbocycles. The fourth-order valence-electron chi connectivity index (χ4n) is 3.16. The zero-order valence-corrected chi connectivity index (χ0v) is 11.3. The van der Waals surface area contributed by atoms with Gasteiger partial charge in [0.25, 0.3) is 0 Å². The van der Waals surface area contributed by atoms with Crippen LogP contribution >= 0.6 is 0 Å². The summed E-state index contributed by atoms with van der Waals surface area (Å²) in [5.41, 5.74) is 6.18. The first-order chi connectivity index (χ1) is 9.74. The average Bonchev–Trinajstić information content (AvgIpc) is 2.98. The smallest absolute Gasteiger partial charge is 0.414 e. The summed E-state index contributed by atoms with van der Waals surface area (Å²) < 4.78 is 5.10. The number of fused-ring (bicyclic) bond motifs is 3. The van der Waals surface area contributed by atoms with Crippen LogP contribution in [0.2, 0.25) is 0 Å². The molecule has 0 saturated carbocycles. The minimum atomic E-state index is -0.243. The van der Waals surface area contributed by atoms with Crippen molar-refractivity contribution in [2.24, 2.45) is 0 Å². The SMILES string of the molecule is CC1COC(=O)N1c1ccc2c(c1)Cc1ccccc1-2. The van der Waals surface area contributed by atoms with Crippen molar-refractivity contribution in [3.05, 3.63) is 53.6 Å². The molecule has 1 heterocycles. The van der Waals surface area contributed by atoms with Crippen LogP contribution in [0.4, 0.5) is 10.5 Å². The zero-order valence-electron chi connectivity index (χ0n) is 11.3. The summed E-state index contributed by atoms with van der Waals surface area (Å²) in [7, 11) is 0. The van der Waals surface area contributed by atoms with Crippen LogP contribution in [-0.2, 0) is 11.2 Å². The van der Waals surface area contributed by atoms with Crippen LogP contribution in [0.3, 0.4) is 0 Å². The predicted octanol–water partition coefficient (Wildman–Crippen LogP) is 3.60. The molecule has 1 unspecified atom stereocenters. The van der Waals surface area contributed by atoms with E-state index < -0.39 is 0 Å². The number of hydrogen-bond acceptors (Lipinski definition) is 2. The van der Waals surface area contributed by atoms with E-state index in [1.165, 1.54) is 22.3 Å². The summed E-state index contributed by atoms with van der Waals surface area (Å²) in [6.45, 7) is 2.48. The number of cyclic esters (lactones) is 1. The van der Waals surface area contributed by atoms with E-state index in [4.69, 9.17) is 4.74 Å². The van der Waals surface area contributed by atoms with Crippen LogP contribution in [0, 0.1) is 0 Å². The highest BCUT2D eigenvalue weighted by molar-refractivity contribution is 5.91. The molecule has 1 amide bonds. The van der Waals surface area contributed by atoms with E-state index in [1.54, 1.807) is 4.90 Å². The van der Waals surface area contributed by atoms with Gasteiger partial charge in [-0.25, -0.2) is 4.79 Å². The summed E-state index contributed by atoms with van der Waals surface area (Å²) in [5.74, 6) is 0. The molecule has 2 aliphatic rings. The third-order valence-electron chi connectivity index (χ3n) is 4.14. The monoisotopic (exact) mass is 265 g/mol. The van der Waals surface area contributed by atoms with Crippen LogP contribution in [0.5, 0.6) is 0 Å². The Morgan fingerprint density at radius 1 is 1.10 bits per heavy atom. The minimum absolute atomic E-state index is 0.101. The molecule has 3 heteroatoms. The number of hydrogen-bond donors (Lipinski definition) is 0. The number of benzene rings is 2. The van der Waals surface area contributed by atoms with Crippen LogP contribution in [0.15, 0.2) is 42.5 Å². The molecule has 3 nitrogen and oxygen atoms in total. The molecule has 20 heavy (non-hydrogen) atoms. The topological polar surface area (TPSA) is 29.5 Å². The molecule has 1 saturated heterocycles. The van der Waals surface area contributed by atoms with Gasteiger partial charge in [0, 0.05) is 5.69 Å². The number of carbonyl (C=O) groups is 1. The summed E-state index contributed by atoms with van der Waals surface area (Å²) in [4.78, 5) is 13.5. The lowest BCUT2D eigenvalue weighted by Gasteiger charge is -2.19. The highest BCUT2D eigenvalue weighted by Gasteiger charge is 2.31. The van der Waals surface area contributed by atoms with Crippen molar-refractivity contribution in [3.8, 4) is 11.1 Å². The normalized spacial score (nSPS) is 19.8. The molecule has 100 valence electrons. The highest BCUT2D eigenvalue weighted by Crippen LogP contribution is 2.38. The molecule has 1 aliphatic heterocycles. The second kappa shape index (κ2) is 4.10. The second-order valence-electron chi connectivity index (χ2n) is 5.47. The Balaban J connectivity index is 1.77. The van der Waals surface area contributed by atoms with E-state index in [2.05, 4.69) is 36.4 Å². The first kappa shape index (κ1) is 11.5. The van der Waals surface area contributed by atoms with Gasteiger partial charge in [-0.3, -0.25) is 4.90 Å². The van der Waals surface area contributed by atoms with Gasteiger partial charge in [-0.2, -0.15) is 0 Å². The number of nitrogens with zero attached hydrogens (tertiary/aromatic N) is 1. The van der Waals surface area contributed by atoms with Gasteiger partial charge < -0.3 is 4.74 Å². The van der Waals surface area contributed by atoms with Crippen LogP contribution in [0.25, 0.3) is 11.1 Å². The first-order valence-corrected chi connectivity index (χ1v) is 6.91. The summed E-state index contributed by atoms with van der Waals surface area (Å²) in [6.07, 6.45) is 0.698. The van der Waals surface area contributed by atoms with Crippen molar-refractivity contribution >= 4 is 11.8 Å². The summed E-state index contributed by atoms with van der Waals surface area (Å²) in [5, 5.41) is 0. The predicted molar refractivity (Wildman–Crippen MR) is 78.0 cm³/mol. The van der Waals surface area contributed by atoms with Gasteiger partial charge in [0.1, 0.15) is 6.61 Å². The maximum Gasteiger partial charge on any atom is 0.414 e. The van der Waals surface area contributed by atoms with Gasteiger partial charge in [0.15, 0.2) is 0 Å². The number of amides is 1. The molecule has 4 rings (SSSR count). The average molecular weight is 265 g/mol. The Bertz CT molecular complexity index is 708. The van der Waals surface area contributed by atoms with Crippen LogP contribution in [-0.4, -0.2) is 18.7 Å². The summed E-state index contributed by atoms with van der Waals surface area (Å²) in [6, 6.07) is 14.8. The lowest BCUT2D eigenvalue weighted by atomic mass is 10.1. The lowest BCUT2D eigenvalue weighted by Crippen LogP contribution is -2.30. The molecule has 2 aromatic carbocycles. The van der Waals surface area contributed by atoms with Gasteiger partial charge in [-0.1, -0.05) is 30.3 Å². The van der Waals surface area contributed by atoms with E-state index in [1.807, 2.05) is 13.0 Å². The quantitative estimate of drug-likeness (QED) is 0.672. The van der Waals surface area contributed by atoms with Gasteiger partial charge >= 0.3 is 6.09 Å². The van der Waals surface area contributed by atoms with Crippen molar-refractivity contribution < 1.29 is 9.53 Å². The number of ether oxygens (including phenoxy) is 1. The minimum Gasteiger partial charge on any atom is -0.447 e. The third kappa shape index (κ3) is 1.56. The van der Waals surface area contributed by atoms with Crippen molar-refractivity contribution in [3.63, 3.8) is 0 Å². The fraction of sp³-hybridized carbons (Fsp3) is 0.235. The number of anilines is 1. The van der Waals surface area contributed by atoms with Crippen molar-refractivity contribution in [1.82, 2.24) is 0 Å². The van der Waals surface area contributed by atoms with Crippen LogP contribution in [0.1, 0.15) is 18.1 Å². The standard InChI is InChI=1S/C17H15NO2/c1-11-10-20-17(19)18(11)14-6-7-16-13(9-14)8-12-4-2-3-5-15(12)16/h2-7,9,11H,8,10H2,1H3. The maximum atomic E-state index is 11.8. The van der Waals surface area contributed by atoms with E-state index >= 15 is 0 Å². The van der Waals surface area contributed by atoms with Crippen molar-refractivity contribution in [2.45, 2.75) is 19.4 Å². The molecule has 0 spiro atoms. The van der Waals surface area contributed by atoms with E-state index in [9.17, 15) is 4.79 Å². The molecular formula is C17H15NO2. The number of carbonyl (C=O) groups excluding carboxylic acids is 1. The van der Waals surface area contributed by atoms with Crippen LogP contribution < -0.4 is 4.90 Å². The summed E-state index contributed by atoms with van der Waals surface area (Å²) >= 11 is 0. The highest BCUT2D eigenvalue weighted by atomic mass is 16.6. The van der Waals surface area contributed by atoms with Gasteiger partial charge in [-0.05, 0) is 47.7 Å². The Hall–Kier alpha value is -2.29. The molecule has 1 atom stereocenters. The first-order valence-electron chi connectivity index (χ1n) is 6.91. The molecule has 0 N–H and O–H groups in total. The Morgan fingerprint density at radius 3 is 2.70 bits per heavy atom. The molecular weight excluding hydrogens is 250 g/mol. The molecule has 1 fully saturated rings. The fourth-order valence-corrected chi connectivity index (χ4v) is 3.16. The van der Waals surface area contributed by atoms with Gasteiger partial charge in [-0.15, -0.1) is 0 Å². The van der Waals surface area contributed by atoms with E-state index in [0.29, 0.717) is 6.61 Å². The molecule has 0 aromatic heterocycles. The lowest BCUT2D eigenvalue weighted by molar-refractivity contribution is 0.179. The molecule has 2 aromatic rings. The van der Waals surface area contributed by atoms with E-state index in [0.717, 1.165) is 12.1 Å². The Labute approximate surface area is 117 Å². The Morgan fingerprint density at radius 2 is 1.90 bits per heavy atom.